The number of hydrogen-bond acceptors (Lipinski definition) is 2. The van der Waals surface area contributed by atoms with Gasteiger partial charge < -0.3 is 4.90 Å². The predicted octanol–water partition coefficient (Wildman–Crippen LogP) is 3.46. The molecule has 0 N–H and O–H groups in total. The summed E-state index contributed by atoms with van der Waals surface area (Å²) in [6.07, 6.45) is 2.53. The monoisotopic (exact) mass is 264 g/mol. The number of carbonyl (C=O) groups is 1. The van der Waals surface area contributed by atoms with Crippen molar-refractivity contribution in [2.24, 2.45) is 23.2 Å². The van der Waals surface area contributed by atoms with E-state index in [2.05, 4.69) is 33.8 Å². The standard InChI is InChI=1S/C16H28N2O/c1-12(6-9-17)15(19)18-10-7-14(8-11-18)13(2)16(3,4)5/h12-14H,6-8,10-11H2,1-5H3/t12-,13-/m1/s1. The van der Waals surface area contributed by atoms with Crippen molar-refractivity contribution in [2.45, 2.75) is 53.9 Å². The summed E-state index contributed by atoms with van der Waals surface area (Å²) < 4.78 is 0. The molecule has 1 amide bonds. The Morgan fingerprint density at radius 2 is 1.84 bits per heavy atom. The maximum Gasteiger partial charge on any atom is 0.226 e. The Hall–Kier alpha value is -1.04. The number of hydrogen-bond donors (Lipinski definition) is 0. The van der Waals surface area contributed by atoms with Crippen LogP contribution in [0, 0.1) is 34.5 Å². The third-order valence-electron chi connectivity index (χ3n) is 4.74. The van der Waals surface area contributed by atoms with Crippen LogP contribution in [0.25, 0.3) is 0 Å². The SMILES string of the molecule is C[C@H](CC#N)C(=O)N1CCC([C@@H](C)C(C)(C)C)CC1. The molecule has 1 saturated heterocycles. The summed E-state index contributed by atoms with van der Waals surface area (Å²) in [6.45, 7) is 12.8. The lowest BCUT2D eigenvalue weighted by molar-refractivity contribution is -0.136. The number of rotatable bonds is 3. The first kappa shape index (κ1) is 16.0. The van der Waals surface area contributed by atoms with E-state index in [4.69, 9.17) is 5.26 Å². The van der Waals surface area contributed by atoms with Gasteiger partial charge in [0.2, 0.25) is 5.91 Å². The van der Waals surface area contributed by atoms with Crippen LogP contribution in [0.4, 0.5) is 0 Å². The number of likely N-dealkylation sites (tertiary alicyclic amines) is 1. The van der Waals surface area contributed by atoms with Crippen LogP contribution in [0.2, 0.25) is 0 Å². The van der Waals surface area contributed by atoms with Crippen LogP contribution in [0.3, 0.4) is 0 Å². The number of nitriles is 1. The van der Waals surface area contributed by atoms with Gasteiger partial charge in [0.05, 0.1) is 6.07 Å². The van der Waals surface area contributed by atoms with Gasteiger partial charge in [0, 0.05) is 25.4 Å². The summed E-state index contributed by atoms with van der Waals surface area (Å²) >= 11 is 0. The quantitative estimate of drug-likeness (QED) is 0.783. The second-order valence-electron chi connectivity index (χ2n) is 7.08. The zero-order chi connectivity index (χ0) is 14.6. The first-order chi connectivity index (χ1) is 8.77. The molecule has 0 aromatic heterocycles. The maximum absolute atomic E-state index is 12.1. The molecule has 0 radical (unpaired) electrons. The van der Waals surface area contributed by atoms with Crippen LogP contribution in [0.5, 0.6) is 0 Å². The molecule has 0 aromatic rings. The van der Waals surface area contributed by atoms with E-state index in [1.807, 2.05) is 11.8 Å². The molecule has 1 heterocycles. The van der Waals surface area contributed by atoms with Crippen molar-refractivity contribution >= 4 is 5.91 Å². The number of amides is 1. The Labute approximate surface area is 118 Å². The molecule has 108 valence electrons. The Morgan fingerprint density at radius 3 is 2.26 bits per heavy atom. The molecular formula is C16H28N2O. The van der Waals surface area contributed by atoms with Gasteiger partial charge in [0.25, 0.3) is 0 Å². The topological polar surface area (TPSA) is 44.1 Å². The minimum Gasteiger partial charge on any atom is -0.342 e. The van der Waals surface area contributed by atoms with E-state index in [1.54, 1.807) is 0 Å². The number of carbonyl (C=O) groups excluding carboxylic acids is 1. The zero-order valence-corrected chi connectivity index (χ0v) is 13.1. The highest BCUT2D eigenvalue weighted by atomic mass is 16.2. The summed E-state index contributed by atoms with van der Waals surface area (Å²) in [5, 5.41) is 8.67. The number of nitrogens with zero attached hydrogens (tertiary/aromatic N) is 2. The highest BCUT2D eigenvalue weighted by Gasteiger charge is 2.32. The van der Waals surface area contributed by atoms with Crippen LogP contribution in [-0.2, 0) is 4.79 Å². The molecule has 0 saturated carbocycles. The Balaban J connectivity index is 2.50. The Kier molecular flexibility index (Phi) is 5.40. The van der Waals surface area contributed by atoms with Crippen molar-refractivity contribution in [1.29, 1.82) is 5.26 Å². The highest BCUT2D eigenvalue weighted by molar-refractivity contribution is 5.78. The van der Waals surface area contributed by atoms with Gasteiger partial charge in [0.1, 0.15) is 0 Å². The maximum atomic E-state index is 12.1. The fourth-order valence-corrected chi connectivity index (χ4v) is 2.86. The fraction of sp³-hybridized carbons (Fsp3) is 0.875. The first-order valence-corrected chi connectivity index (χ1v) is 7.43. The van der Waals surface area contributed by atoms with E-state index < -0.39 is 0 Å². The Bertz CT molecular complexity index is 343. The lowest BCUT2D eigenvalue weighted by Crippen LogP contribution is -2.43. The molecule has 1 aliphatic rings. The molecular weight excluding hydrogens is 236 g/mol. The van der Waals surface area contributed by atoms with Gasteiger partial charge in [-0.1, -0.05) is 34.6 Å². The van der Waals surface area contributed by atoms with E-state index in [0.29, 0.717) is 17.8 Å². The molecule has 3 nitrogen and oxygen atoms in total. The molecule has 19 heavy (non-hydrogen) atoms. The molecule has 3 heteroatoms. The molecule has 1 aliphatic heterocycles. The van der Waals surface area contributed by atoms with Gasteiger partial charge in [0.15, 0.2) is 0 Å². The molecule has 2 atom stereocenters. The van der Waals surface area contributed by atoms with E-state index >= 15 is 0 Å². The zero-order valence-electron chi connectivity index (χ0n) is 13.1. The van der Waals surface area contributed by atoms with E-state index in [0.717, 1.165) is 31.8 Å². The van der Waals surface area contributed by atoms with E-state index in [-0.39, 0.29) is 11.8 Å². The van der Waals surface area contributed by atoms with Crippen LogP contribution in [0.1, 0.15) is 53.9 Å². The molecule has 0 aromatic carbocycles. The molecule has 1 fully saturated rings. The second-order valence-corrected chi connectivity index (χ2v) is 7.08. The van der Waals surface area contributed by atoms with Gasteiger partial charge in [-0.25, -0.2) is 0 Å². The van der Waals surface area contributed by atoms with Crippen molar-refractivity contribution in [2.75, 3.05) is 13.1 Å². The Morgan fingerprint density at radius 1 is 1.32 bits per heavy atom. The fourth-order valence-electron chi connectivity index (χ4n) is 2.86. The van der Waals surface area contributed by atoms with Crippen molar-refractivity contribution in [3.05, 3.63) is 0 Å². The van der Waals surface area contributed by atoms with Gasteiger partial charge >= 0.3 is 0 Å². The predicted molar refractivity (Wildman–Crippen MR) is 77.3 cm³/mol. The summed E-state index contributed by atoms with van der Waals surface area (Å²) in [7, 11) is 0. The first-order valence-electron chi connectivity index (χ1n) is 7.43. The van der Waals surface area contributed by atoms with Crippen molar-refractivity contribution in [3.8, 4) is 6.07 Å². The minimum absolute atomic E-state index is 0.151. The summed E-state index contributed by atoms with van der Waals surface area (Å²) in [5.41, 5.74) is 0.338. The third-order valence-corrected chi connectivity index (χ3v) is 4.74. The van der Waals surface area contributed by atoms with Crippen LogP contribution >= 0.6 is 0 Å². The number of piperidine rings is 1. The smallest absolute Gasteiger partial charge is 0.226 e. The highest BCUT2D eigenvalue weighted by Crippen LogP contribution is 2.37. The normalized spacial score (nSPS) is 20.7. The molecule has 0 unspecified atom stereocenters. The minimum atomic E-state index is -0.151. The van der Waals surface area contributed by atoms with Crippen LogP contribution in [-0.4, -0.2) is 23.9 Å². The van der Waals surface area contributed by atoms with Crippen molar-refractivity contribution < 1.29 is 4.79 Å². The average Bonchev–Trinajstić information content (AvgIpc) is 2.36. The van der Waals surface area contributed by atoms with Gasteiger partial charge in [-0.05, 0) is 30.1 Å². The van der Waals surface area contributed by atoms with Gasteiger partial charge in [-0.15, -0.1) is 0 Å². The van der Waals surface area contributed by atoms with Crippen molar-refractivity contribution in [3.63, 3.8) is 0 Å². The third kappa shape index (κ3) is 4.23. The van der Waals surface area contributed by atoms with Gasteiger partial charge in [-0.2, -0.15) is 5.26 Å². The van der Waals surface area contributed by atoms with Gasteiger partial charge in [-0.3, -0.25) is 4.79 Å². The molecule has 0 spiro atoms. The summed E-state index contributed by atoms with van der Waals surface area (Å²) in [5.74, 6) is 1.40. The molecule has 0 aliphatic carbocycles. The van der Waals surface area contributed by atoms with Crippen LogP contribution < -0.4 is 0 Å². The average molecular weight is 264 g/mol. The summed E-state index contributed by atoms with van der Waals surface area (Å²) in [6, 6.07) is 2.09. The lowest BCUT2D eigenvalue weighted by Gasteiger charge is -2.40. The molecule has 0 bridgehead atoms. The molecule has 1 rings (SSSR count). The summed E-state index contributed by atoms with van der Waals surface area (Å²) in [4.78, 5) is 14.1. The second kappa shape index (κ2) is 6.41. The van der Waals surface area contributed by atoms with E-state index in [1.165, 1.54) is 0 Å². The van der Waals surface area contributed by atoms with Crippen molar-refractivity contribution in [1.82, 2.24) is 4.90 Å². The van der Waals surface area contributed by atoms with Crippen LogP contribution in [0.15, 0.2) is 0 Å². The largest absolute Gasteiger partial charge is 0.342 e. The lowest BCUT2D eigenvalue weighted by atomic mass is 9.71. The van der Waals surface area contributed by atoms with E-state index in [9.17, 15) is 4.79 Å².